The second kappa shape index (κ2) is 5.97. The summed E-state index contributed by atoms with van der Waals surface area (Å²) in [7, 11) is 3.44. The zero-order valence-corrected chi connectivity index (χ0v) is 14.8. The van der Waals surface area contributed by atoms with Crippen LogP contribution in [0, 0.1) is 0 Å². The average molecular weight is 330 g/mol. The summed E-state index contributed by atoms with van der Waals surface area (Å²) < 4.78 is 17.1. The summed E-state index contributed by atoms with van der Waals surface area (Å²) >= 11 is 7.54. The lowest BCUT2D eigenvalue weighted by atomic mass is 9.80. The van der Waals surface area contributed by atoms with Gasteiger partial charge in [0.1, 0.15) is 0 Å². The molecule has 0 spiro atoms. The van der Waals surface area contributed by atoms with Crippen LogP contribution in [0.2, 0.25) is 5.15 Å². The van der Waals surface area contributed by atoms with E-state index in [0.717, 1.165) is 11.2 Å². The van der Waals surface area contributed by atoms with E-state index in [0.29, 0.717) is 5.15 Å². The lowest BCUT2D eigenvalue weighted by Crippen LogP contribution is -2.41. The summed E-state index contributed by atoms with van der Waals surface area (Å²) in [5.74, 6) is 0. The van der Waals surface area contributed by atoms with Crippen LogP contribution >= 0.6 is 23.7 Å². The smallest absolute Gasteiger partial charge is 0.399 e. The first-order chi connectivity index (χ1) is 9.62. The topological polar surface area (TPSA) is 46.6 Å². The minimum atomic E-state index is -0.440. The van der Waals surface area contributed by atoms with Crippen molar-refractivity contribution in [2.75, 3.05) is 18.8 Å². The van der Waals surface area contributed by atoms with Crippen LogP contribution in [0.15, 0.2) is 12.3 Å². The van der Waals surface area contributed by atoms with Gasteiger partial charge in [0.25, 0.3) is 0 Å². The van der Waals surface area contributed by atoms with Gasteiger partial charge >= 0.3 is 7.12 Å². The molecule has 8 heteroatoms. The summed E-state index contributed by atoms with van der Waals surface area (Å²) in [6.45, 7) is 8.10. The molecule has 5 nitrogen and oxygen atoms in total. The van der Waals surface area contributed by atoms with Crippen LogP contribution in [0.4, 0.5) is 5.69 Å². The molecule has 2 heterocycles. The molecule has 116 valence electrons. The third-order valence-corrected chi connectivity index (χ3v) is 4.70. The number of halogens is 1. The highest BCUT2D eigenvalue weighted by Crippen LogP contribution is 2.36. The van der Waals surface area contributed by atoms with Gasteiger partial charge in [0.05, 0.1) is 16.9 Å². The summed E-state index contributed by atoms with van der Waals surface area (Å²) in [5, 5.41) is 0.421. The molecule has 1 aliphatic heterocycles. The highest BCUT2D eigenvalue weighted by molar-refractivity contribution is 7.98. The molecule has 0 saturated carbocycles. The largest absolute Gasteiger partial charge is 0.496 e. The van der Waals surface area contributed by atoms with Gasteiger partial charge in [-0.15, -0.1) is 0 Å². The Kier molecular flexibility index (Phi) is 4.80. The number of nitrogens with one attached hydrogen (secondary N) is 1. The van der Waals surface area contributed by atoms with Gasteiger partial charge in [-0.25, -0.2) is 9.29 Å². The number of pyridine rings is 1. The molecule has 0 unspecified atom stereocenters. The van der Waals surface area contributed by atoms with Crippen LogP contribution in [0.25, 0.3) is 0 Å². The van der Waals surface area contributed by atoms with Crippen molar-refractivity contribution in [3.8, 4) is 0 Å². The molecule has 0 radical (unpaired) electrons. The number of aromatic nitrogens is 1. The molecule has 1 aliphatic rings. The van der Waals surface area contributed by atoms with E-state index in [-0.39, 0.29) is 11.2 Å². The Morgan fingerprint density at radius 3 is 2.33 bits per heavy atom. The number of nitrogens with zero attached hydrogens (tertiary/aromatic N) is 2. The summed E-state index contributed by atoms with van der Waals surface area (Å²) in [6.07, 6.45) is 1.69. The molecule has 2 rings (SSSR count). The molecule has 0 atom stereocenters. The van der Waals surface area contributed by atoms with Crippen molar-refractivity contribution >= 4 is 42.0 Å². The van der Waals surface area contributed by atoms with Gasteiger partial charge in [-0.3, -0.25) is 0 Å². The van der Waals surface area contributed by atoms with Crippen molar-refractivity contribution in [2.24, 2.45) is 0 Å². The first kappa shape index (κ1) is 16.9. The molecular formula is C13H21BClN3O2S. The van der Waals surface area contributed by atoms with Crippen molar-refractivity contribution in [1.82, 2.24) is 9.29 Å². The summed E-state index contributed by atoms with van der Waals surface area (Å²) in [6, 6.07) is 1.91. The van der Waals surface area contributed by atoms with Gasteiger partial charge in [0, 0.05) is 23.8 Å². The van der Waals surface area contributed by atoms with Crippen molar-refractivity contribution in [1.29, 1.82) is 0 Å². The number of rotatable bonds is 4. The van der Waals surface area contributed by atoms with E-state index in [1.54, 1.807) is 6.20 Å². The first-order valence-corrected chi connectivity index (χ1v) is 7.89. The molecule has 0 aromatic carbocycles. The Bertz CT molecular complexity index is 512. The fourth-order valence-corrected chi connectivity index (χ4v) is 2.43. The van der Waals surface area contributed by atoms with E-state index >= 15 is 0 Å². The van der Waals surface area contributed by atoms with Crippen LogP contribution in [-0.2, 0) is 9.31 Å². The summed E-state index contributed by atoms with van der Waals surface area (Å²) in [5.41, 5.74) is 0.842. The van der Waals surface area contributed by atoms with Gasteiger partial charge in [-0.2, -0.15) is 0 Å². The minimum Gasteiger partial charge on any atom is -0.399 e. The molecule has 1 fully saturated rings. The molecule has 0 amide bonds. The predicted octanol–water partition coefficient (Wildman–Crippen LogP) is 2.57. The quantitative estimate of drug-likeness (QED) is 0.520. The monoisotopic (exact) mass is 329 g/mol. The van der Waals surface area contributed by atoms with Gasteiger partial charge < -0.3 is 14.0 Å². The predicted molar refractivity (Wildman–Crippen MR) is 89.9 cm³/mol. The van der Waals surface area contributed by atoms with Crippen molar-refractivity contribution < 1.29 is 9.31 Å². The van der Waals surface area contributed by atoms with Crippen LogP contribution in [-0.4, -0.2) is 41.7 Å². The minimum absolute atomic E-state index is 0.372. The zero-order valence-electron chi connectivity index (χ0n) is 13.2. The first-order valence-electron chi connectivity index (χ1n) is 6.74. The van der Waals surface area contributed by atoms with E-state index in [4.69, 9.17) is 20.9 Å². The van der Waals surface area contributed by atoms with E-state index in [1.807, 2.05) is 52.2 Å². The number of anilines is 1. The van der Waals surface area contributed by atoms with Crippen LogP contribution in [0.3, 0.4) is 0 Å². The third-order valence-electron chi connectivity index (χ3n) is 3.72. The van der Waals surface area contributed by atoms with Gasteiger partial charge in [0.2, 0.25) is 0 Å². The van der Waals surface area contributed by atoms with Gasteiger partial charge in [-0.1, -0.05) is 11.6 Å². The highest BCUT2D eigenvalue weighted by atomic mass is 35.5. The Labute approximate surface area is 136 Å². The molecule has 1 N–H and O–H groups in total. The van der Waals surface area contributed by atoms with Crippen LogP contribution in [0.1, 0.15) is 27.7 Å². The van der Waals surface area contributed by atoms with E-state index < -0.39 is 7.12 Å². The average Bonchev–Trinajstić information content (AvgIpc) is 2.57. The Morgan fingerprint density at radius 1 is 1.24 bits per heavy atom. The molecule has 0 aliphatic carbocycles. The fraction of sp³-hybridized carbons (Fsp3) is 0.615. The maximum absolute atomic E-state index is 6.11. The summed E-state index contributed by atoms with van der Waals surface area (Å²) in [4.78, 5) is 4.21. The Hall–Kier alpha value is -0.465. The molecule has 21 heavy (non-hydrogen) atoms. The normalized spacial score (nSPS) is 20.1. The maximum Gasteiger partial charge on any atom is 0.496 e. The number of hydrogen-bond donors (Lipinski definition) is 1. The van der Waals surface area contributed by atoms with Gasteiger partial charge in [-0.05, 0) is 47.9 Å². The lowest BCUT2D eigenvalue weighted by molar-refractivity contribution is 0.00578. The van der Waals surface area contributed by atoms with Crippen molar-refractivity contribution in [3.63, 3.8) is 0 Å². The van der Waals surface area contributed by atoms with E-state index in [1.165, 1.54) is 12.1 Å². The second-order valence-corrected chi connectivity index (χ2v) is 7.68. The molecule has 1 aromatic rings. The molecular weight excluding hydrogens is 308 g/mol. The number of hydrogen-bond acceptors (Lipinski definition) is 6. The lowest BCUT2D eigenvalue weighted by Gasteiger charge is -2.32. The van der Waals surface area contributed by atoms with E-state index in [9.17, 15) is 0 Å². The zero-order chi connectivity index (χ0) is 15.8. The van der Waals surface area contributed by atoms with E-state index in [2.05, 4.69) is 9.71 Å². The Balaban J connectivity index is 2.20. The maximum atomic E-state index is 6.11. The standard InChI is InChI=1S/C13H21BClN3O2S/c1-12(2)13(3,4)20-14(19-12)9-7-10(11(15)16-8-9)17-21-18(5)6/h7-8,17H,1-6H3. The molecule has 1 aromatic heterocycles. The van der Waals surface area contributed by atoms with Crippen molar-refractivity contribution in [2.45, 2.75) is 38.9 Å². The van der Waals surface area contributed by atoms with Crippen molar-refractivity contribution in [3.05, 3.63) is 17.4 Å². The highest BCUT2D eigenvalue weighted by Gasteiger charge is 2.51. The van der Waals surface area contributed by atoms with Gasteiger partial charge in [0.15, 0.2) is 5.15 Å². The Morgan fingerprint density at radius 2 is 1.81 bits per heavy atom. The van der Waals surface area contributed by atoms with Crippen LogP contribution in [0.5, 0.6) is 0 Å². The SMILES string of the molecule is CN(C)SNc1cc(B2OC(C)(C)C(C)(C)O2)cnc1Cl. The second-order valence-electron chi connectivity index (χ2n) is 6.20. The fourth-order valence-electron chi connectivity index (χ4n) is 1.78. The third kappa shape index (κ3) is 3.66. The molecule has 0 bridgehead atoms. The molecule has 1 saturated heterocycles. The van der Waals surface area contributed by atoms with Crippen LogP contribution < -0.4 is 10.2 Å².